The number of piperidine rings is 1. The molecule has 11 heteroatoms. The van der Waals surface area contributed by atoms with Gasteiger partial charge < -0.3 is 5.32 Å². The van der Waals surface area contributed by atoms with E-state index in [0.717, 1.165) is 11.3 Å². The number of benzene rings is 2. The van der Waals surface area contributed by atoms with Crippen molar-refractivity contribution in [1.82, 2.24) is 14.5 Å². The van der Waals surface area contributed by atoms with E-state index < -0.39 is 21.7 Å². The monoisotopic (exact) mass is 471 g/mol. The molecule has 1 amide bonds. The van der Waals surface area contributed by atoms with E-state index >= 15 is 0 Å². The van der Waals surface area contributed by atoms with Crippen LogP contribution in [0.25, 0.3) is 0 Å². The number of nitrogens with one attached hydrogen (secondary N) is 1. The summed E-state index contributed by atoms with van der Waals surface area (Å²) in [6, 6.07) is 13.4. The van der Waals surface area contributed by atoms with Crippen molar-refractivity contribution < 1.29 is 17.6 Å². The molecule has 0 radical (unpaired) electrons. The largest absolute Gasteiger partial charge is 0.320 e. The summed E-state index contributed by atoms with van der Waals surface area (Å²) >= 11 is 1.09. The predicted octanol–water partition coefficient (Wildman–Crippen LogP) is 3.37. The Morgan fingerprint density at radius 1 is 1.22 bits per heavy atom. The summed E-state index contributed by atoms with van der Waals surface area (Å²) in [6.07, 6.45) is 1.34. The van der Waals surface area contributed by atoms with Crippen molar-refractivity contribution in [3.05, 3.63) is 69.9 Å². The first-order valence-corrected chi connectivity index (χ1v) is 12.0. The van der Waals surface area contributed by atoms with Crippen LogP contribution in [0.15, 0.2) is 53.4 Å². The fraction of sp³-hybridized carbons (Fsp3) is 0.238. The van der Waals surface area contributed by atoms with E-state index in [0.29, 0.717) is 30.1 Å². The normalized spacial score (nSPS) is 16.9. The second kappa shape index (κ2) is 9.12. The van der Waals surface area contributed by atoms with Gasteiger partial charge in [0.25, 0.3) is 5.91 Å². The van der Waals surface area contributed by atoms with Gasteiger partial charge in [-0.1, -0.05) is 23.5 Å². The highest BCUT2D eigenvalue weighted by Crippen LogP contribution is 2.32. The quantitative estimate of drug-likeness (QED) is 0.610. The van der Waals surface area contributed by atoms with Gasteiger partial charge in [0, 0.05) is 24.7 Å². The number of nitriles is 1. The van der Waals surface area contributed by atoms with Crippen LogP contribution in [0.3, 0.4) is 0 Å². The van der Waals surface area contributed by atoms with Gasteiger partial charge in [-0.25, -0.2) is 12.8 Å². The summed E-state index contributed by atoms with van der Waals surface area (Å²) in [5.74, 6) is -1.18. The Labute approximate surface area is 188 Å². The summed E-state index contributed by atoms with van der Waals surface area (Å²) in [4.78, 5) is 12.5. The molecular weight excluding hydrogens is 453 g/mol. The number of hydrogen-bond acceptors (Lipinski definition) is 7. The van der Waals surface area contributed by atoms with E-state index in [4.69, 9.17) is 5.26 Å². The number of halogens is 1. The van der Waals surface area contributed by atoms with Gasteiger partial charge in [0.2, 0.25) is 15.0 Å². The molecule has 1 aliphatic rings. The maximum atomic E-state index is 13.3. The zero-order valence-electron chi connectivity index (χ0n) is 16.7. The van der Waals surface area contributed by atoms with Crippen molar-refractivity contribution in [2.24, 2.45) is 0 Å². The third-order valence-corrected chi connectivity index (χ3v) is 8.00. The molecule has 0 aliphatic carbocycles. The van der Waals surface area contributed by atoms with E-state index in [1.54, 1.807) is 18.2 Å². The van der Waals surface area contributed by atoms with E-state index in [1.807, 2.05) is 6.07 Å². The van der Waals surface area contributed by atoms with Gasteiger partial charge in [-0.2, -0.15) is 9.57 Å². The van der Waals surface area contributed by atoms with Gasteiger partial charge in [-0.05, 0) is 49.2 Å². The molecule has 1 atom stereocenters. The Kier molecular flexibility index (Phi) is 6.27. The molecule has 1 fully saturated rings. The van der Waals surface area contributed by atoms with Crippen molar-refractivity contribution in [3.8, 4) is 6.07 Å². The Balaban J connectivity index is 1.48. The standard InChI is InChI=1S/C21H18FN5O3S2/c22-16-6-2-7-17(11-16)24-19(28)21-26-25-20(31-21)15-5-3-9-27(13-15)32(29,30)18-8-1-4-14(10-18)12-23/h1-2,4,6-8,10-11,15H,3,5,9,13H2,(H,24,28)/t15-/m1/s1. The summed E-state index contributed by atoms with van der Waals surface area (Å²) < 4.78 is 40.8. The lowest BCUT2D eigenvalue weighted by atomic mass is 10.0. The molecule has 1 N–H and O–H groups in total. The first kappa shape index (κ1) is 22.0. The highest BCUT2D eigenvalue weighted by molar-refractivity contribution is 7.89. The van der Waals surface area contributed by atoms with Crippen molar-refractivity contribution >= 4 is 33.0 Å². The minimum Gasteiger partial charge on any atom is -0.320 e. The average Bonchev–Trinajstić information content (AvgIpc) is 3.30. The van der Waals surface area contributed by atoms with Gasteiger partial charge in [0.1, 0.15) is 10.8 Å². The van der Waals surface area contributed by atoms with Crippen molar-refractivity contribution in [3.63, 3.8) is 0 Å². The highest BCUT2D eigenvalue weighted by atomic mass is 32.2. The number of carbonyl (C=O) groups excluding carboxylic acids is 1. The van der Waals surface area contributed by atoms with Gasteiger partial charge >= 0.3 is 0 Å². The van der Waals surface area contributed by atoms with Crippen LogP contribution in [-0.4, -0.2) is 41.9 Å². The topological polar surface area (TPSA) is 116 Å². The third kappa shape index (κ3) is 4.67. The van der Waals surface area contributed by atoms with E-state index in [1.165, 1.54) is 34.6 Å². The van der Waals surface area contributed by atoms with Crippen LogP contribution in [0.1, 0.15) is 39.1 Å². The molecule has 4 rings (SSSR count). The smallest absolute Gasteiger partial charge is 0.286 e. The first-order chi connectivity index (χ1) is 15.4. The molecule has 0 spiro atoms. The lowest BCUT2D eigenvalue weighted by molar-refractivity contribution is 0.102. The van der Waals surface area contributed by atoms with E-state index in [-0.39, 0.29) is 27.9 Å². The molecule has 0 bridgehead atoms. The second-order valence-electron chi connectivity index (χ2n) is 7.25. The molecule has 1 aliphatic heterocycles. The van der Waals surface area contributed by atoms with Gasteiger partial charge in [-0.3, -0.25) is 4.79 Å². The number of hydrogen-bond donors (Lipinski definition) is 1. The number of carbonyl (C=O) groups is 1. The molecule has 1 aromatic heterocycles. The van der Waals surface area contributed by atoms with Crippen molar-refractivity contribution in [2.75, 3.05) is 18.4 Å². The van der Waals surface area contributed by atoms with Crippen LogP contribution >= 0.6 is 11.3 Å². The lowest BCUT2D eigenvalue weighted by Gasteiger charge is -2.30. The summed E-state index contributed by atoms with van der Waals surface area (Å²) in [6.45, 7) is 0.570. The molecule has 2 aromatic carbocycles. The van der Waals surface area contributed by atoms with Crippen molar-refractivity contribution in [1.29, 1.82) is 5.26 Å². The Hall–Kier alpha value is -3.20. The number of nitrogens with zero attached hydrogens (tertiary/aromatic N) is 4. The SMILES string of the molecule is N#Cc1cccc(S(=O)(=O)N2CCC[C@@H](c3nnc(C(=O)Nc4cccc(F)c4)s3)C2)c1. The molecule has 0 saturated carbocycles. The molecule has 8 nitrogen and oxygen atoms in total. The average molecular weight is 472 g/mol. The minimum atomic E-state index is -3.77. The Morgan fingerprint density at radius 2 is 2.03 bits per heavy atom. The molecule has 1 saturated heterocycles. The van der Waals surface area contributed by atoms with Crippen LogP contribution in [-0.2, 0) is 10.0 Å². The maximum Gasteiger partial charge on any atom is 0.286 e. The summed E-state index contributed by atoms with van der Waals surface area (Å²) in [7, 11) is -3.77. The van der Waals surface area contributed by atoms with Crippen LogP contribution < -0.4 is 5.32 Å². The van der Waals surface area contributed by atoms with Crippen LogP contribution in [0.2, 0.25) is 0 Å². The summed E-state index contributed by atoms with van der Waals surface area (Å²) in [5, 5.41) is 20.4. The predicted molar refractivity (Wildman–Crippen MR) is 116 cm³/mol. The number of amides is 1. The molecule has 0 unspecified atom stereocenters. The van der Waals surface area contributed by atoms with Gasteiger partial charge in [0.05, 0.1) is 16.5 Å². The molecular formula is C21H18FN5O3S2. The van der Waals surface area contributed by atoms with Crippen molar-refractivity contribution in [2.45, 2.75) is 23.7 Å². The Bertz CT molecular complexity index is 1300. The lowest BCUT2D eigenvalue weighted by Crippen LogP contribution is -2.39. The molecule has 3 aromatic rings. The number of aromatic nitrogens is 2. The van der Waals surface area contributed by atoms with Crippen LogP contribution in [0.5, 0.6) is 0 Å². The van der Waals surface area contributed by atoms with Gasteiger partial charge in [0.15, 0.2) is 0 Å². The maximum absolute atomic E-state index is 13.3. The fourth-order valence-electron chi connectivity index (χ4n) is 3.48. The fourth-order valence-corrected chi connectivity index (χ4v) is 5.91. The number of anilines is 1. The molecule has 164 valence electrons. The summed E-state index contributed by atoms with van der Waals surface area (Å²) in [5.41, 5.74) is 0.582. The molecule has 32 heavy (non-hydrogen) atoms. The van der Waals surface area contributed by atoms with E-state index in [9.17, 15) is 17.6 Å². The minimum absolute atomic E-state index is 0.0737. The van der Waals surface area contributed by atoms with E-state index in [2.05, 4.69) is 15.5 Å². The third-order valence-electron chi connectivity index (χ3n) is 5.05. The van der Waals surface area contributed by atoms with Crippen LogP contribution in [0.4, 0.5) is 10.1 Å². The zero-order chi connectivity index (χ0) is 22.7. The number of rotatable bonds is 5. The second-order valence-corrected chi connectivity index (χ2v) is 10.2. The zero-order valence-corrected chi connectivity index (χ0v) is 18.4. The number of sulfonamides is 1. The highest BCUT2D eigenvalue weighted by Gasteiger charge is 2.33. The first-order valence-electron chi connectivity index (χ1n) is 9.77. The molecule has 2 heterocycles. The van der Waals surface area contributed by atoms with Crippen LogP contribution in [0, 0.1) is 17.1 Å². The van der Waals surface area contributed by atoms with Gasteiger partial charge in [-0.15, -0.1) is 10.2 Å². The Morgan fingerprint density at radius 3 is 2.81 bits per heavy atom.